The zero-order valence-electron chi connectivity index (χ0n) is 15.7. The summed E-state index contributed by atoms with van der Waals surface area (Å²) in [4.78, 5) is 0. The van der Waals surface area contributed by atoms with Crippen molar-refractivity contribution in [2.45, 2.75) is 47.9 Å². The van der Waals surface area contributed by atoms with E-state index in [2.05, 4.69) is 76.2 Å². The Hall–Kier alpha value is -1.21. The van der Waals surface area contributed by atoms with E-state index in [-0.39, 0.29) is 0 Å². The van der Waals surface area contributed by atoms with Gasteiger partial charge in [-0.1, -0.05) is 0 Å². The van der Waals surface area contributed by atoms with Crippen molar-refractivity contribution >= 4 is 12.2 Å². The second-order valence-electron chi connectivity index (χ2n) is 7.33. The van der Waals surface area contributed by atoms with Gasteiger partial charge >= 0.3 is 164 Å². The summed E-state index contributed by atoms with van der Waals surface area (Å²) in [6.07, 6.45) is 7.43. The van der Waals surface area contributed by atoms with E-state index < -0.39 is 22.9 Å². The maximum atomic E-state index is 2.52. The van der Waals surface area contributed by atoms with Crippen molar-refractivity contribution in [1.82, 2.24) is 0 Å². The van der Waals surface area contributed by atoms with Gasteiger partial charge in [-0.2, -0.15) is 0 Å². The molecule has 4 rings (SSSR count). The molecule has 0 fully saturated rings. The van der Waals surface area contributed by atoms with Crippen molar-refractivity contribution in [1.29, 1.82) is 0 Å². The first kappa shape index (κ1) is 17.2. The average Bonchev–Trinajstić information content (AvgIpc) is 3.16. The van der Waals surface area contributed by atoms with Gasteiger partial charge in [0.25, 0.3) is 0 Å². The summed E-state index contributed by atoms with van der Waals surface area (Å²) in [5.74, 6) is 0. The molecule has 0 spiro atoms. The Morgan fingerprint density at radius 2 is 1.16 bits per heavy atom. The molecule has 0 N–H and O–H groups in total. The van der Waals surface area contributed by atoms with Crippen molar-refractivity contribution in [2.75, 3.05) is 0 Å². The number of fused-ring (bicyclic) bond motifs is 2. The predicted molar refractivity (Wildman–Crippen MR) is 104 cm³/mol. The fourth-order valence-corrected chi connectivity index (χ4v) is 12.3. The van der Waals surface area contributed by atoms with Crippen LogP contribution in [0.5, 0.6) is 0 Å². The summed E-state index contributed by atoms with van der Waals surface area (Å²) in [6, 6.07) is 13.9. The van der Waals surface area contributed by atoms with Crippen LogP contribution in [0.15, 0.2) is 47.5 Å². The molecular weight excluding hydrogens is 467 g/mol. The van der Waals surface area contributed by atoms with Crippen LogP contribution in [0.1, 0.15) is 67.4 Å². The molecule has 0 amide bonds. The van der Waals surface area contributed by atoms with E-state index in [1.807, 2.05) is 0 Å². The maximum absolute atomic E-state index is 2.52. The van der Waals surface area contributed by atoms with Gasteiger partial charge in [-0.3, -0.25) is 0 Å². The number of rotatable bonds is 4. The zero-order chi connectivity index (χ0) is 17.6. The molecule has 25 heavy (non-hydrogen) atoms. The van der Waals surface area contributed by atoms with E-state index in [1.165, 1.54) is 35.1 Å². The third kappa shape index (κ3) is 2.85. The van der Waals surface area contributed by atoms with Crippen LogP contribution in [0.25, 0.3) is 12.2 Å². The van der Waals surface area contributed by atoms with Crippen LogP contribution < -0.4 is 0 Å². The minimum absolute atomic E-state index is 0.770. The molecule has 2 unspecified atom stereocenters. The van der Waals surface area contributed by atoms with E-state index in [9.17, 15) is 0 Å². The molecule has 0 bridgehead atoms. The topological polar surface area (TPSA) is 0 Å². The van der Waals surface area contributed by atoms with Crippen molar-refractivity contribution in [2.24, 2.45) is 0 Å². The Balaban J connectivity index is 1.74. The Morgan fingerprint density at radius 3 is 1.56 bits per heavy atom. The molecule has 0 aromatic heterocycles. The number of hydrogen-bond acceptors (Lipinski definition) is 0. The van der Waals surface area contributed by atoms with E-state index in [0.717, 1.165) is 7.35 Å². The quantitative estimate of drug-likeness (QED) is 0.413. The molecule has 2 aliphatic rings. The molecule has 0 saturated heterocycles. The Labute approximate surface area is 163 Å². The van der Waals surface area contributed by atoms with E-state index in [1.54, 1.807) is 22.3 Å². The van der Waals surface area contributed by atoms with Gasteiger partial charge < -0.3 is 0 Å². The Morgan fingerprint density at radius 1 is 0.720 bits per heavy atom. The Kier molecular flexibility index (Phi) is 4.71. The van der Waals surface area contributed by atoms with Gasteiger partial charge in [0.05, 0.1) is 0 Å². The van der Waals surface area contributed by atoms with E-state index in [0.29, 0.717) is 0 Å². The molecule has 0 aliphatic heterocycles. The summed E-state index contributed by atoms with van der Waals surface area (Å²) in [7, 11) is 0. The van der Waals surface area contributed by atoms with Crippen LogP contribution in [0.4, 0.5) is 0 Å². The normalized spacial score (nSPS) is 20.8. The van der Waals surface area contributed by atoms with Gasteiger partial charge in [0.1, 0.15) is 0 Å². The van der Waals surface area contributed by atoms with Crippen molar-refractivity contribution in [3.63, 3.8) is 0 Å². The molecule has 0 saturated carbocycles. The van der Waals surface area contributed by atoms with Crippen molar-refractivity contribution < 1.29 is 22.9 Å². The van der Waals surface area contributed by atoms with Crippen molar-refractivity contribution in [3.05, 3.63) is 80.9 Å². The summed E-state index contributed by atoms with van der Waals surface area (Å²) < 4.78 is 1.54. The third-order valence-electron chi connectivity index (χ3n) is 5.89. The number of benzene rings is 2. The fourth-order valence-electron chi connectivity index (χ4n) is 4.41. The zero-order valence-corrected chi connectivity index (χ0v) is 19.3. The summed E-state index contributed by atoms with van der Waals surface area (Å²) in [5.41, 5.74) is 12.6. The van der Waals surface area contributed by atoms with Crippen molar-refractivity contribution in [3.8, 4) is 0 Å². The molecular formula is C24H26Hf. The number of hydrogen-bond donors (Lipinski definition) is 0. The van der Waals surface area contributed by atoms with Crippen LogP contribution in [-0.4, -0.2) is 0 Å². The first-order valence-corrected chi connectivity index (χ1v) is 13.6. The molecule has 126 valence electrons. The van der Waals surface area contributed by atoms with Crippen LogP contribution in [0, 0.1) is 13.8 Å². The van der Waals surface area contributed by atoms with Gasteiger partial charge in [0, 0.05) is 0 Å². The molecule has 2 atom stereocenters. The van der Waals surface area contributed by atoms with Gasteiger partial charge in [-0.25, -0.2) is 0 Å². The van der Waals surface area contributed by atoms with Gasteiger partial charge in [0.2, 0.25) is 0 Å². The van der Waals surface area contributed by atoms with Gasteiger partial charge in [-0.15, -0.1) is 0 Å². The molecule has 2 aromatic carbocycles. The fraction of sp³-hybridized carbons (Fsp3) is 0.333. The minimum atomic E-state index is -0.960. The van der Waals surface area contributed by atoms with E-state index in [4.69, 9.17) is 0 Å². The molecule has 2 aliphatic carbocycles. The third-order valence-corrected chi connectivity index (χ3v) is 13.2. The number of allylic oxidation sites excluding steroid dienone is 2. The molecule has 2 aromatic rings. The summed E-state index contributed by atoms with van der Waals surface area (Å²) in [5, 5.41) is 0. The SMILES string of the molecule is CCC1=Cc2c(C)cccc2[CH]1[Hf][CH]1C(CC)=Cc2c(C)cccc21. The molecule has 0 heterocycles. The van der Waals surface area contributed by atoms with Gasteiger partial charge in [-0.05, 0) is 0 Å². The Bertz CT molecular complexity index is 811. The van der Waals surface area contributed by atoms with Crippen LogP contribution in [0.3, 0.4) is 0 Å². The van der Waals surface area contributed by atoms with E-state index >= 15 is 0 Å². The summed E-state index contributed by atoms with van der Waals surface area (Å²) in [6.45, 7) is 9.22. The second kappa shape index (κ2) is 6.83. The number of aryl methyl sites for hydroxylation is 2. The first-order chi connectivity index (χ1) is 12.1. The monoisotopic (exact) mass is 494 g/mol. The van der Waals surface area contributed by atoms with Crippen LogP contribution >= 0.6 is 0 Å². The van der Waals surface area contributed by atoms with Crippen LogP contribution in [-0.2, 0) is 22.9 Å². The first-order valence-electron chi connectivity index (χ1n) is 9.50. The molecule has 1 heteroatoms. The summed E-state index contributed by atoms with van der Waals surface area (Å²) >= 11 is -0.960. The average molecular weight is 493 g/mol. The molecule has 0 nitrogen and oxygen atoms in total. The molecule has 0 radical (unpaired) electrons. The predicted octanol–water partition coefficient (Wildman–Crippen LogP) is 6.78. The second-order valence-corrected chi connectivity index (χ2v) is 12.7. The van der Waals surface area contributed by atoms with Crippen LogP contribution in [0.2, 0.25) is 0 Å². The standard InChI is InChI=1S/2C12H13.Hf/c2*1-3-10-7-11-6-4-5-9(2)12(11)8-10;/h2*4-8H,3H2,1-2H3;. The van der Waals surface area contributed by atoms with Gasteiger partial charge in [0.15, 0.2) is 0 Å².